The molecule has 1 nitrogen and oxygen atoms in total. The molecule has 1 atom stereocenters. The maximum Gasteiger partial charge on any atom is 0.0512 e. The Morgan fingerprint density at radius 1 is 1.60 bits per heavy atom. The average molecular weight is 140 g/mol. The third kappa shape index (κ3) is 7.44. The van der Waals surface area contributed by atoms with Gasteiger partial charge < -0.3 is 5.11 Å². The molecule has 1 N–H and O–H groups in total. The van der Waals surface area contributed by atoms with Crippen LogP contribution >= 0.6 is 0 Å². The molecule has 0 aromatic heterocycles. The smallest absolute Gasteiger partial charge is 0.0512 e. The minimum atomic E-state index is -0.155. The van der Waals surface area contributed by atoms with Crippen LogP contribution in [0.2, 0.25) is 0 Å². The molecule has 0 heterocycles. The van der Waals surface area contributed by atoms with Crippen molar-refractivity contribution in [3.63, 3.8) is 0 Å². The Labute approximate surface area is 63.1 Å². The molecule has 1 heteroatoms. The van der Waals surface area contributed by atoms with Gasteiger partial charge in [-0.3, -0.25) is 0 Å². The van der Waals surface area contributed by atoms with E-state index in [9.17, 15) is 0 Å². The van der Waals surface area contributed by atoms with Gasteiger partial charge in [0.25, 0.3) is 0 Å². The van der Waals surface area contributed by atoms with Crippen LogP contribution in [0.25, 0.3) is 0 Å². The van der Waals surface area contributed by atoms with Crippen LogP contribution in [0.5, 0.6) is 0 Å². The summed E-state index contributed by atoms with van der Waals surface area (Å²) in [5.74, 6) is 0. The third-order valence-electron chi connectivity index (χ3n) is 1.26. The highest BCUT2D eigenvalue weighted by molar-refractivity contribution is 4.96. The third-order valence-corrected chi connectivity index (χ3v) is 1.26. The van der Waals surface area contributed by atoms with Crippen LogP contribution < -0.4 is 0 Å². The van der Waals surface area contributed by atoms with Gasteiger partial charge in [0.2, 0.25) is 0 Å². The minimum absolute atomic E-state index is 0.155. The van der Waals surface area contributed by atoms with E-state index in [2.05, 4.69) is 12.7 Å². The number of hydrogen-bond acceptors (Lipinski definition) is 1. The predicted octanol–water partition coefficient (Wildman–Crippen LogP) is 2.28. The van der Waals surface area contributed by atoms with Crippen LogP contribution in [-0.2, 0) is 0 Å². The molecule has 0 bridgehead atoms. The number of unbranched alkanes of at least 4 members (excludes halogenated alkanes) is 1. The predicted molar refractivity (Wildman–Crippen MR) is 44.9 cm³/mol. The fourth-order valence-corrected chi connectivity index (χ4v) is 0.724. The van der Waals surface area contributed by atoms with Crippen molar-refractivity contribution in [1.82, 2.24) is 0 Å². The summed E-state index contributed by atoms with van der Waals surface area (Å²) in [6.45, 7) is 5.37. The Kier molecular flexibility index (Phi) is 6.19. The Morgan fingerprint density at radius 3 is 2.80 bits per heavy atom. The van der Waals surface area contributed by atoms with E-state index in [1.54, 1.807) is 6.08 Å². The van der Waals surface area contributed by atoms with Crippen LogP contribution in [0, 0.1) is 0 Å². The van der Waals surface area contributed by atoms with E-state index < -0.39 is 0 Å². The van der Waals surface area contributed by atoms with E-state index in [1.807, 2.05) is 13.0 Å². The molecular weight excluding hydrogens is 124 g/mol. The highest BCUT2D eigenvalue weighted by atomic mass is 16.3. The van der Waals surface area contributed by atoms with Crippen molar-refractivity contribution in [2.75, 3.05) is 0 Å². The number of aliphatic hydroxyl groups excluding tert-OH is 1. The van der Waals surface area contributed by atoms with Crippen LogP contribution in [0.3, 0.4) is 0 Å². The summed E-state index contributed by atoms with van der Waals surface area (Å²) in [4.78, 5) is 0. The van der Waals surface area contributed by atoms with Crippen molar-refractivity contribution in [3.05, 3.63) is 24.8 Å². The van der Waals surface area contributed by atoms with Crippen LogP contribution in [0.4, 0.5) is 0 Å². The lowest BCUT2D eigenvalue weighted by Crippen LogP contribution is -1.97. The molecule has 0 saturated heterocycles. The standard InChI is InChI=1S/C9H16O/c1-3-4-5-6-7-8-9(2)10/h3-5,9-10H,1,6-8H2,2H3/b5-4+/t9-/m0/s1. The fourth-order valence-electron chi connectivity index (χ4n) is 0.724. The molecule has 58 valence electrons. The summed E-state index contributed by atoms with van der Waals surface area (Å²) >= 11 is 0. The lowest BCUT2D eigenvalue weighted by Gasteiger charge is -1.99. The number of rotatable bonds is 5. The molecular formula is C9H16O. The monoisotopic (exact) mass is 140 g/mol. The van der Waals surface area contributed by atoms with Gasteiger partial charge >= 0.3 is 0 Å². The molecule has 0 aromatic rings. The Balaban J connectivity index is 3.04. The largest absolute Gasteiger partial charge is 0.393 e. The van der Waals surface area contributed by atoms with Crippen molar-refractivity contribution in [2.24, 2.45) is 0 Å². The van der Waals surface area contributed by atoms with Gasteiger partial charge in [0.05, 0.1) is 6.10 Å². The van der Waals surface area contributed by atoms with E-state index >= 15 is 0 Å². The molecule has 0 fully saturated rings. The van der Waals surface area contributed by atoms with Gasteiger partial charge in [0.1, 0.15) is 0 Å². The summed E-state index contributed by atoms with van der Waals surface area (Å²) in [5.41, 5.74) is 0. The zero-order valence-corrected chi connectivity index (χ0v) is 6.59. The maximum atomic E-state index is 8.86. The summed E-state index contributed by atoms with van der Waals surface area (Å²) in [6, 6.07) is 0. The molecule has 0 aliphatic carbocycles. The Hall–Kier alpha value is -0.560. The summed E-state index contributed by atoms with van der Waals surface area (Å²) in [6.07, 6.45) is 8.59. The Morgan fingerprint density at radius 2 is 2.30 bits per heavy atom. The zero-order valence-electron chi connectivity index (χ0n) is 6.59. The first-order valence-electron chi connectivity index (χ1n) is 3.73. The fraction of sp³-hybridized carbons (Fsp3) is 0.556. The van der Waals surface area contributed by atoms with Crippen molar-refractivity contribution in [1.29, 1.82) is 0 Å². The topological polar surface area (TPSA) is 20.2 Å². The van der Waals surface area contributed by atoms with Gasteiger partial charge in [0.15, 0.2) is 0 Å². The van der Waals surface area contributed by atoms with Crippen molar-refractivity contribution >= 4 is 0 Å². The number of aliphatic hydroxyl groups is 1. The normalized spacial score (nSPS) is 13.8. The lowest BCUT2D eigenvalue weighted by atomic mass is 10.2. The summed E-state index contributed by atoms with van der Waals surface area (Å²) in [5, 5.41) is 8.86. The van der Waals surface area contributed by atoms with Gasteiger partial charge in [-0.1, -0.05) is 24.8 Å². The van der Waals surface area contributed by atoms with Crippen LogP contribution in [0.15, 0.2) is 24.8 Å². The van der Waals surface area contributed by atoms with Crippen LogP contribution in [-0.4, -0.2) is 11.2 Å². The first-order chi connectivity index (χ1) is 4.77. The molecule has 0 aliphatic rings. The second kappa shape index (κ2) is 6.56. The van der Waals surface area contributed by atoms with Crippen LogP contribution in [0.1, 0.15) is 26.2 Å². The SMILES string of the molecule is C=C/C=C/CCC[C@H](C)O. The molecule has 10 heavy (non-hydrogen) atoms. The molecule has 0 saturated carbocycles. The van der Waals surface area contributed by atoms with E-state index in [1.165, 1.54) is 0 Å². The maximum absolute atomic E-state index is 8.86. The second-order valence-electron chi connectivity index (χ2n) is 2.44. The summed E-state index contributed by atoms with van der Waals surface area (Å²) < 4.78 is 0. The minimum Gasteiger partial charge on any atom is -0.393 e. The summed E-state index contributed by atoms with van der Waals surface area (Å²) in [7, 11) is 0. The van der Waals surface area contributed by atoms with E-state index in [4.69, 9.17) is 5.11 Å². The molecule has 0 aromatic carbocycles. The number of hydrogen-bond donors (Lipinski definition) is 1. The van der Waals surface area contributed by atoms with Gasteiger partial charge in [-0.2, -0.15) is 0 Å². The highest BCUT2D eigenvalue weighted by Gasteiger charge is 1.91. The zero-order chi connectivity index (χ0) is 7.82. The quantitative estimate of drug-likeness (QED) is 0.459. The molecule has 0 amide bonds. The van der Waals surface area contributed by atoms with E-state index in [0.29, 0.717) is 0 Å². The Bertz CT molecular complexity index is 103. The first-order valence-corrected chi connectivity index (χ1v) is 3.73. The average Bonchev–Trinajstić information content (AvgIpc) is 1.87. The van der Waals surface area contributed by atoms with Crippen molar-refractivity contribution in [3.8, 4) is 0 Å². The molecule has 0 rings (SSSR count). The van der Waals surface area contributed by atoms with E-state index in [-0.39, 0.29) is 6.10 Å². The van der Waals surface area contributed by atoms with Gasteiger partial charge in [-0.15, -0.1) is 0 Å². The van der Waals surface area contributed by atoms with Gasteiger partial charge in [0, 0.05) is 0 Å². The lowest BCUT2D eigenvalue weighted by molar-refractivity contribution is 0.182. The number of allylic oxidation sites excluding steroid dienone is 3. The molecule has 0 unspecified atom stereocenters. The van der Waals surface area contributed by atoms with Gasteiger partial charge in [-0.05, 0) is 26.2 Å². The van der Waals surface area contributed by atoms with Crippen molar-refractivity contribution < 1.29 is 5.11 Å². The van der Waals surface area contributed by atoms with Crippen molar-refractivity contribution in [2.45, 2.75) is 32.3 Å². The first kappa shape index (κ1) is 9.44. The highest BCUT2D eigenvalue weighted by Crippen LogP contribution is 2.00. The molecule has 0 radical (unpaired) electrons. The molecule has 0 spiro atoms. The van der Waals surface area contributed by atoms with Gasteiger partial charge in [-0.25, -0.2) is 0 Å². The molecule has 0 aliphatic heterocycles. The second-order valence-corrected chi connectivity index (χ2v) is 2.44. The van der Waals surface area contributed by atoms with E-state index in [0.717, 1.165) is 19.3 Å².